The van der Waals surface area contributed by atoms with Crippen LogP contribution in [0.4, 0.5) is 4.39 Å². The predicted molar refractivity (Wildman–Crippen MR) is 86.5 cm³/mol. The lowest BCUT2D eigenvalue weighted by molar-refractivity contribution is 0.372. The maximum atomic E-state index is 13.0. The van der Waals surface area contributed by atoms with Gasteiger partial charge >= 0.3 is 0 Å². The number of nitrogens with zero attached hydrogens (tertiary/aromatic N) is 4. The Morgan fingerprint density at radius 3 is 2.46 bits per heavy atom. The molecule has 0 saturated carbocycles. The van der Waals surface area contributed by atoms with Crippen LogP contribution < -0.4 is 0 Å². The van der Waals surface area contributed by atoms with Crippen LogP contribution in [0.5, 0.6) is 0 Å². The van der Waals surface area contributed by atoms with Crippen molar-refractivity contribution in [3.8, 4) is 22.5 Å². The van der Waals surface area contributed by atoms with Gasteiger partial charge in [-0.25, -0.2) is 9.07 Å². The number of halogens is 1. The van der Waals surface area contributed by atoms with Crippen molar-refractivity contribution in [3.05, 3.63) is 78.4 Å². The van der Waals surface area contributed by atoms with Crippen LogP contribution in [0.25, 0.3) is 22.5 Å². The van der Waals surface area contributed by atoms with Crippen molar-refractivity contribution in [1.29, 1.82) is 0 Å². The van der Waals surface area contributed by atoms with Crippen molar-refractivity contribution in [2.75, 3.05) is 0 Å². The molecule has 0 spiro atoms. The summed E-state index contributed by atoms with van der Waals surface area (Å²) in [5.41, 5.74) is 3.27. The first-order valence-electron chi connectivity index (χ1n) is 7.45. The molecule has 4 rings (SSSR count). The minimum atomic E-state index is -0.277. The average Bonchev–Trinajstić information content (AvgIpc) is 3.27. The largest absolute Gasteiger partial charge is 0.359 e. The van der Waals surface area contributed by atoms with Gasteiger partial charge in [-0.3, -0.25) is 0 Å². The molecular weight excluding hydrogens is 307 g/mol. The molecule has 0 atom stereocenters. The minimum Gasteiger partial charge on any atom is -0.359 e. The molecule has 0 bridgehead atoms. The van der Waals surface area contributed by atoms with E-state index in [9.17, 15) is 4.39 Å². The van der Waals surface area contributed by atoms with E-state index in [-0.39, 0.29) is 5.82 Å². The van der Waals surface area contributed by atoms with Crippen molar-refractivity contribution >= 4 is 0 Å². The van der Waals surface area contributed by atoms with E-state index in [1.807, 2.05) is 36.4 Å². The van der Waals surface area contributed by atoms with Gasteiger partial charge in [0.05, 0.1) is 6.20 Å². The van der Waals surface area contributed by atoms with E-state index in [1.54, 1.807) is 23.0 Å². The Morgan fingerprint density at radius 2 is 1.67 bits per heavy atom. The average molecular weight is 320 g/mol. The molecule has 0 saturated heterocycles. The summed E-state index contributed by atoms with van der Waals surface area (Å²) in [6.45, 7) is 0.425. The maximum absolute atomic E-state index is 13.0. The highest BCUT2D eigenvalue weighted by molar-refractivity contribution is 5.59. The molecule has 0 amide bonds. The minimum absolute atomic E-state index is 0.277. The first kappa shape index (κ1) is 14.3. The molecule has 2 heterocycles. The Bertz CT molecular complexity index is 945. The van der Waals surface area contributed by atoms with Gasteiger partial charge in [-0.2, -0.15) is 0 Å². The number of hydrogen-bond donors (Lipinski definition) is 0. The predicted octanol–water partition coefficient (Wildman–Crippen LogP) is 3.79. The molecule has 0 fully saturated rings. The molecule has 0 unspecified atom stereocenters. The van der Waals surface area contributed by atoms with Crippen LogP contribution in [0.1, 0.15) is 5.76 Å². The monoisotopic (exact) mass is 320 g/mol. The van der Waals surface area contributed by atoms with Gasteiger partial charge in [0.15, 0.2) is 5.76 Å². The summed E-state index contributed by atoms with van der Waals surface area (Å²) in [7, 11) is 0. The van der Waals surface area contributed by atoms with Crippen molar-refractivity contribution in [3.63, 3.8) is 0 Å². The zero-order valence-corrected chi connectivity index (χ0v) is 12.6. The molecule has 0 aliphatic heterocycles. The van der Waals surface area contributed by atoms with E-state index in [0.29, 0.717) is 18.0 Å². The van der Waals surface area contributed by atoms with E-state index in [1.165, 1.54) is 12.1 Å². The highest BCUT2D eigenvalue weighted by atomic mass is 19.1. The van der Waals surface area contributed by atoms with E-state index in [0.717, 1.165) is 16.8 Å². The molecule has 24 heavy (non-hydrogen) atoms. The Labute approximate surface area is 137 Å². The Hall–Kier alpha value is -3.28. The molecular formula is C18H13FN4O. The number of hydrogen-bond acceptors (Lipinski definition) is 4. The van der Waals surface area contributed by atoms with Crippen molar-refractivity contribution in [1.82, 2.24) is 20.2 Å². The summed E-state index contributed by atoms with van der Waals surface area (Å²) < 4.78 is 20.0. The fourth-order valence-corrected chi connectivity index (χ4v) is 2.42. The van der Waals surface area contributed by atoms with Crippen molar-refractivity contribution in [2.45, 2.75) is 6.54 Å². The highest BCUT2D eigenvalue weighted by Gasteiger charge is 2.09. The molecule has 4 aromatic rings. The summed E-state index contributed by atoms with van der Waals surface area (Å²) in [6.07, 6.45) is 1.79. The van der Waals surface area contributed by atoms with Gasteiger partial charge in [-0.05, 0) is 24.3 Å². The van der Waals surface area contributed by atoms with Crippen LogP contribution in [0.3, 0.4) is 0 Å². The second kappa shape index (κ2) is 6.08. The molecule has 0 N–H and O–H groups in total. The zero-order valence-electron chi connectivity index (χ0n) is 12.6. The normalized spacial score (nSPS) is 10.9. The van der Waals surface area contributed by atoms with Crippen LogP contribution in [-0.4, -0.2) is 20.2 Å². The highest BCUT2D eigenvalue weighted by Crippen LogP contribution is 2.20. The van der Waals surface area contributed by atoms with E-state index in [2.05, 4.69) is 15.5 Å². The molecule has 5 nitrogen and oxygen atoms in total. The van der Waals surface area contributed by atoms with Crippen molar-refractivity contribution in [2.24, 2.45) is 0 Å². The molecule has 0 aliphatic rings. The fourth-order valence-electron chi connectivity index (χ4n) is 2.42. The number of aromatic nitrogens is 4. The topological polar surface area (TPSA) is 56.7 Å². The molecule has 118 valence electrons. The second-order valence-electron chi connectivity index (χ2n) is 5.35. The van der Waals surface area contributed by atoms with E-state index >= 15 is 0 Å². The quantitative estimate of drug-likeness (QED) is 0.574. The summed E-state index contributed by atoms with van der Waals surface area (Å²) in [5.74, 6) is 0.408. The molecule has 2 aromatic heterocycles. The lowest BCUT2D eigenvalue weighted by atomic mass is 10.1. The Morgan fingerprint density at radius 1 is 0.917 bits per heavy atom. The third-order valence-electron chi connectivity index (χ3n) is 3.62. The van der Waals surface area contributed by atoms with Crippen molar-refractivity contribution < 1.29 is 8.91 Å². The van der Waals surface area contributed by atoms with Crippen LogP contribution in [0.15, 0.2) is 71.4 Å². The standard InChI is InChI=1S/C18H13FN4O/c19-15-8-6-14(7-9-15)18-12-23(22-20-18)11-16-10-17(21-24-16)13-4-2-1-3-5-13/h1-10,12H,11H2. The first-order valence-corrected chi connectivity index (χ1v) is 7.45. The number of rotatable bonds is 4. The molecule has 0 aliphatic carbocycles. The van der Waals surface area contributed by atoms with Crippen LogP contribution >= 0.6 is 0 Å². The van der Waals surface area contributed by atoms with Gasteiger partial charge in [0.25, 0.3) is 0 Å². The smallest absolute Gasteiger partial charge is 0.158 e. The molecule has 2 aromatic carbocycles. The third kappa shape index (κ3) is 2.94. The SMILES string of the molecule is Fc1ccc(-c2cn(Cc3cc(-c4ccccc4)no3)nn2)cc1. The van der Waals surface area contributed by atoms with Gasteiger partial charge in [-0.1, -0.05) is 40.7 Å². The lowest BCUT2D eigenvalue weighted by Crippen LogP contribution is -1.98. The van der Waals surface area contributed by atoms with Gasteiger partial charge in [0.2, 0.25) is 0 Å². The Balaban J connectivity index is 1.52. The Kier molecular flexibility index (Phi) is 3.63. The van der Waals surface area contributed by atoms with Gasteiger partial charge in [0, 0.05) is 17.2 Å². The third-order valence-corrected chi connectivity index (χ3v) is 3.62. The van der Waals surface area contributed by atoms with Crippen LogP contribution in [0.2, 0.25) is 0 Å². The molecule has 6 heteroatoms. The summed E-state index contributed by atoms with van der Waals surface area (Å²) >= 11 is 0. The molecule has 0 radical (unpaired) electrons. The summed E-state index contributed by atoms with van der Waals surface area (Å²) in [6, 6.07) is 17.8. The van der Waals surface area contributed by atoms with Crippen LogP contribution in [0, 0.1) is 5.82 Å². The van der Waals surface area contributed by atoms with E-state index in [4.69, 9.17) is 4.52 Å². The van der Waals surface area contributed by atoms with Gasteiger partial charge in [-0.15, -0.1) is 5.10 Å². The summed E-state index contributed by atoms with van der Waals surface area (Å²) in [5, 5.41) is 12.3. The van der Waals surface area contributed by atoms with Gasteiger partial charge in [0.1, 0.15) is 23.7 Å². The maximum Gasteiger partial charge on any atom is 0.158 e. The van der Waals surface area contributed by atoms with E-state index < -0.39 is 0 Å². The number of benzene rings is 2. The van der Waals surface area contributed by atoms with Crippen LogP contribution in [-0.2, 0) is 6.54 Å². The lowest BCUT2D eigenvalue weighted by Gasteiger charge is -1.95. The first-order chi connectivity index (χ1) is 11.8. The second-order valence-corrected chi connectivity index (χ2v) is 5.35. The summed E-state index contributed by atoms with van der Waals surface area (Å²) in [4.78, 5) is 0. The van der Waals surface area contributed by atoms with Gasteiger partial charge < -0.3 is 4.52 Å². The fraction of sp³-hybridized carbons (Fsp3) is 0.0556. The zero-order chi connectivity index (χ0) is 16.4.